The number of benzene rings is 2. The van der Waals surface area contributed by atoms with Gasteiger partial charge in [0.1, 0.15) is 17.6 Å². The second kappa shape index (κ2) is 6.28. The molecule has 1 unspecified atom stereocenters. The van der Waals surface area contributed by atoms with E-state index in [9.17, 15) is 10.2 Å². The Labute approximate surface area is 130 Å². The molecule has 4 heteroatoms. The minimum atomic E-state index is 0.00329. The Morgan fingerprint density at radius 1 is 1.18 bits per heavy atom. The fourth-order valence-corrected chi connectivity index (χ4v) is 2.85. The summed E-state index contributed by atoms with van der Waals surface area (Å²) in [4.78, 5) is 2.11. The second-order valence-electron chi connectivity index (χ2n) is 5.75. The quantitative estimate of drug-likeness (QED) is 0.911. The molecule has 0 aliphatic carbocycles. The zero-order valence-corrected chi connectivity index (χ0v) is 12.7. The van der Waals surface area contributed by atoms with E-state index in [1.54, 1.807) is 12.1 Å². The molecule has 2 aromatic rings. The molecule has 2 N–H and O–H groups in total. The van der Waals surface area contributed by atoms with Gasteiger partial charge >= 0.3 is 0 Å². The number of phenols is 1. The summed E-state index contributed by atoms with van der Waals surface area (Å²) in [6.45, 7) is 3.46. The molecule has 0 radical (unpaired) electrons. The van der Waals surface area contributed by atoms with Crippen LogP contribution in [0.2, 0.25) is 0 Å². The molecule has 2 aromatic carbocycles. The Morgan fingerprint density at radius 2 is 1.95 bits per heavy atom. The van der Waals surface area contributed by atoms with Crippen molar-refractivity contribution in [2.24, 2.45) is 0 Å². The molecule has 1 aliphatic rings. The molecule has 1 heterocycles. The third-order valence-corrected chi connectivity index (χ3v) is 3.96. The van der Waals surface area contributed by atoms with Crippen molar-refractivity contribution in [1.82, 2.24) is 0 Å². The highest BCUT2D eigenvalue weighted by atomic mass is 16.5. The van der Waals surface area contributed by atoms with Gasteiger partial charge in [0.25, 0.3) is 0 Å². The van der Waals surface area contributed by atoms with Crippen molar-refractivity contribution in [2.45, 2.75) is 19.4 Å². The smallest absolute Gasteiger partial charge is 0.146 e. The first-order chi connectivity index (χ1) is 10.7. The summed E-state index contributed by atoms with van der Waals surface area (Å²) in [6, 6.07) is 13.6. The van der Waals surface area contributed by atoms with Gasteiger partial charge < -0.3 is 19.8 Å². The van der Waals surface area contributed by atoms with Crippen LogP contribution < -0.4 is 9.64 Å². The second-order valence-corrected chi connectivity index (χ2v) is 5.75. The number of aliphatic hydroxyl groups excluding tert-OH is 1. The average molecular weight is 299 g/mol. The molecule has 1 aliphatic heterocycles. The highest BCUT2D eigenvalue weighted by Gasteiger charge is 2.25. The van der Waals surface area contributed by atoms with Crippen LogP contribution in [0.4, 0.5) is 5.69 Å². The minimum Gasteiger partial charge on any atom is -0.508 e. The number of aliphatic hydroxyl groups is 1. The number of ether oxygens (including phenoxy) is 1. The average Bonchev–Trinajstić information content (AvgIpc) is 2.49. The molecule has 4 nitrogen and oxygen atoms in total. The SMILES string of the molecule is Cc1ccc(CC2CN(CCO)c3ccc(O)cc3O2)cc1. The van der Waals surface area contributed by atoms with Crippen LogP contribution in [0, 0.1) is 6.92 Å². The zero-order valence-electron chi connectivity index (χ0n) is 12.7. The van der Waals surface area contributed by atoms with Crippen molar-refractivity contribution >= 4 is 5.69 Å². The fourth-order valence-electron chi connectivity index (χ4n) is 2.85. The van der Waals surface area contributed by atoms with Gasteiger partial charge in [0.05, 0.1) is 18.8 Å². The molecule has 1 atom stereocenters. The Bertz CT molecular complexity index is 639. The van der Waals surface area contributed by atoms with E-state index in [4.69, 9.17) is 4.74 Å². The molecular weight excluding hydrogens is 278 g/mol. The van der Waals surface area contributed by atoms with Crippen LogP contribution in [0.5, 0.6) is 11.5 Å². The summed E-state index contributed by atoms with van der Waals surface area (Å²) in [7, 11) is 0. The Hall–Kier alpha value is -2.20. The summed E-state index contributed by atoms with van der Waals surface area (Å²) >= 11 is 0. The first-order valence-electron chi connectivity index (χ1n) is 7.57. The predicted octanol–water partition coefficient (Wildman–Crippen LogP) is 2.50. The van der Waals surface area contributed by atoms with E-state index in [2.05, 4.69) is 36.1 Å². The van der Waals surface area contributed by atoms with Crippen LogP contribution >= 0.6 is 0 Å². The number of aryl methyl sites for hydroxylation is 1. The maximum Gasteiger partial charge on any atom is 0.146 e. The number of rotatable bonds is 4. The summed E-state index contributed by atoms with van der Waals surface area (Å²) in [5, 5.41) is 18.9. The molecule has 0 saturated carbocycles. The Balaban J connectivity index is 1.81. The van der Waals surface area contributed by atoms with Gasteiger partial charge in [-0.3, -0.25) is 0 Å². The molecule has 3 rings (SSSR count). The van der Waals surface area contributed by atoms with Crippen molar-refractivity contribution in [3.8, 4) is 11.5 Å². The predicted molar refractivity (Wildman–Crippen MR) is 86.7 cm³/mol. The van der Waals surface area contributed by atoms with Crippen LogP contribution in [0.1, 0.15) is 11.1 Å². The molecule has 0 fully saturated rings. The standard InChI is InChI=1S/C18H21NO3/c1-13-2-4-14(5-3-13)10-16-12-19(8-9-20)17-7-6-15(21)11-18(17)22-16/h2-7,11,16,20-21H,8-10,12H2,1H3. The molecule has 22 heavy (non-hydrogen) atoms. The van der Waals surface area contributed by atoms with E-state index in [-0.39, 0.29) is 18.5 Å². The summed E-state index contributed by atoms with van der Waals surface area (Å²) in [6.07, 6.45) is 0.806. The van der Waals surface area contributed by atoms with Gasteiger partial charge in [-0.05, 0) is 24.6 Å². The van der Waals surface area contributed by atoms with Gasteiger partial charge in [-0.15, -0.1) is 0 Å². The lowest BCUT2D eigenvalue weighted by Gasteiger charge is -2.36. The summed E-state index contributed by atoms with van der Waals surface area (Å²) in [5.41, 5.74) is 3.39. The lowest BCUT2D eigenvalue weighted by Crippen LogP contribution is -2.42. The van der Waals surface area contributed by atoms with Crippen LogP contribution in [0.25, 0.3) is 0 Å². The number of β-amino-alcohol motifs (C(OH)–C–C–N with tert-alkyl or cyclic N) is 1. The lowest BCUT2D eigenvalue weighted by atomic mass is 10.0. The van der Waals surface area contributed by atoms with Crippen molar-refractivity contribution in [3.63, 3.8) is 0 Å². The van der Waals surface area contributed by atoms with Gasteiger partial charge in [-0.2, -0.15) is 0 Å². The monoisotopic (exact) mass is 299 g/mol. The third kappa shape index (κ3) is 3.17. The van der Waals surface area contributed by atoms with Gasteiger partial charge in [0.2, 0.25) is 0 Å². The topological polar surface area (TPSA) is 52.9 Å². The maximum atomic E-state index is 9.66. The fraction of sp³-hybridized carbons (Fsp3) is 0.333. The number of fused-ring (bicyclic) bond motifs is 1. The summed E-state index contributed by atoms with van der Waals surface area (Å²) in [5.74, 6) is 0.871. The third-order valence-electron chi connectivity index (χ3n) is 3.96. The van der Waals surface area contributed by atoms with E-state index >= 15 is 0 Å². The molecule has 0 aromatic heterocycles. The largest absolute Gasteiger partial charge is 0.508 e. The minimum absolute atomic E-state index is 0.00329. The van der Waals surface area contributed by atoms with Crippen molar-refractivity contribution in [1.29, 1.82) is 0 Å². The van der Waals surface area contributed by atoms with Crippen LogP contribution in [-0.2, 0) is 6.42 Å². The van der Waals surface area contributed by atoms with E-state index in [0.717, 1.165) is 18.7 Å². The number of anilines is 1. The molecule has 0 saturated heterocycles. The van der Waals surface area contributed by atoms with E-state index < -0.39 is 0 Å². The maximum absolute atomic E-state index is 9.66. The van der Waals surface area contributed by atoms with Gasteiger partial charge in [-0.1, -0.05) is 29.8 Å². The van der Waals surface area contributed by atoms with E-state index in [1.165, 1.54) is 11.1 Å². The van der Waals surface area contributed by atoms with Crippen LogP contribution in [0.15, 0.2) is 42.5 Å². The van der Waals surface area contributed by atoms with Gasteiger partial charge in [0.15, 0.2) is 0 Å². The Kier molecular flexibility index (Phi) is 4.20. The number of hydrogen-bond acceptors (Lipinski definition) is 4. The molecule has 0 spiro atoms. The van der Waals surface area contributed by atoms with Crippen molar-refractivity contribution in [2.75, 3.05) is 24.6 Å². The lowest BCUT2D eigenvalue weighted by molar-refractivity contribution is 0.188. The summed E-state index contributed by atoms with van der Waals surface area (Å²) < 4.78 is 6.04. The van der Waals surface area contributed by atoms with E-state index in [1.807, 2.05) is 6.07 Å². The van der Waals surface area contributed by atoms with Gasteiger partial charge in [0, 0.05) is 19.0 Å². The van der Waals surface area contributed by atoms with Crippen molar-refractivity contribution < 1.29 is 14.9 Å². The molecule has 116 valence electrons. The van der Waals surface area contributed by atoms with Crippen LogP contribution in [-0.4, -0.2) is 36.0 Å². The molecule has 0 bridgehead atoms. The molecule has 0 amide bonds. The normalized spacial score (nSPS) is 17.0. The highest BCUT2D eigenvalue weighted by molar-refractivity contribution is 5.62. The highest BCUT2D eigenvalue weighted by Crippen LogP contribution is 2.36. The van der Waals surface area contributed by atoms with Crippen LogP contribution in [0.3, 0.4) is 0 Å². The van der Waals surface area contributed by atoms with Gasteiger partial charge in [-0.25, -0.2) is 0 Å². The first kappa shape index (κ1) is 14.7. The number of phenolic OH excluding ortho intramolecular Hbond substituents is 1. The first-order valence-corrected chi connectivity index (χ1v) is 7.57. The zero-order chi connectivity index (χ0) is 15.5. The molecular formula is C18H21NO3. The number of hydrogen-bond donors (Lipinski definition) is 2. The number of nitrogens with zero attached hydrogens (tertiary/aromatic N) is 1. The number of aromatic hydroxyl groups is 1. The van der Waals surface area contributed by atoms with E-state index in [0.29, 0.717) is 12.3 Å². The van der Waals surface area contributed by atoms with Crippen molar-refractivity contribution in [3.05, 3.63) is 53.6 Å². The Morgan fingerprint density at radius 3 is 2.68 bits per heavy atom.